The first-order valence-electron chi connectivity index (χ1n) is 6.32. The molecule has 0 aliphatic heterocycles. The molecule has 0 unspecified atom stereocenters. The molecule has 0 radical (unpaired) electrons. The molecule has 0 bridgehead atoms. The maximum Gasteiger partial charge on any atom is 0.167 e. The number of rotatable bonds is 5. The molecular weight excluding hydrogens is 270 g/mol. The third-order valence-corrected chi connectivity index (χ3v) is 3.33. The van der Waals surface area contributed by atoms with Gasteiger partial charge < -0.3 is 4.74 Å². The molecule has 4 heteroatoms. The Morgan fingerprint density at radius 2 is 2.15 bits per heavy atom. The Bertz CT molecular complexity index is 551. The molecule has 0 aliphatic rings. The molecule has 1 rings (SSSR count). The SMILES string of the molecule is CC(=O)COc1ccc(SC=CC#N)cc1C(C)(C)C. The number of hydrogen-bond acceptors (Lipinski definition) is 4. The fourth-order valence-electron chi connectivity index (χ4n) is 1.62. The van der Waals surface area contributed by atoms with Crippen molar-refractivity contribution in [1.82, 2.24) is 0 Å². The Balaban J connectivity index is 3.04. The zero-order valence-corrected chi connectivity index (χ0v) is 13.1. The van der Waals surface area contributed by atoms with Crippen LogP contribution in [0.3, 0.4) is 0 Å². The number of carbonyl (C=O) groups excluding carboxylic acids is 1. The average Bonchev–Trinajstić information content (AvgIpc) is 2.36. The van der Waals surface area contributed by atoms with Crippen molar-refractivity contribution in [2.75, 3.05) is 6.61 Å². The van der Waals surface area contributed by atoms with Crippen molar-refractivity contribution in [1.29, 1.82) is 5.26 Å². The lowest BCUT2D eigenvalue weighted by atomic mass is 9.86. The number of allylic oxidation sites excluding steroid dienone is 1. The van der Waals surface area contributed by atoms with Crippen molar-refractivity contribution in [3.05, 3.63) is 35.2 Å². The Morgan fingerprint density at radius 1 is 1.45 bits per heavy atom. The van der Waals surface area contributed by atoms with Gasteiger partial charge in [0.15, 0.2) is 5.78 Å². The number of nitrogens with zero attached hydrogens (tertiary/aromatic N) is 1. The monoisotopic (exact) mass is 289 g/mol. The molecule has 20 heavy (non-hydrogen) atoms. The van der Waals surface area contributed by atoms with E-state index in [1.165, 1.54) is 24.8 Å². The highest BCUT2D eigenvalue weighted by Crippen LogP contribution is 2.35. The van der Waals surface area contributed by atoms with Crippen molar-refractivity contribution in [2.45, 2.75) is 38.0 Å². The maximum absolute atomic E-state index is 11.1. The number of ether oxygens (including phenoxy) is 1. The second-order valence-corrected chi connectivity index (χ2v) is 6.43. The smallest absolute Gasteiger partial charge is 0.167 e. The summed E-state index contributed by atoms with van der Waals surface area (Å²) >= 11 is 1.48. The van der Waals surface area contributed by atoms with E-state index in [2.05, 4.69) is 20.8 Å². The molecule has 0 saturated carbocycles. The summed E-state index contributed by atoms with van der Waals surface area (Å²) in [4.78, 5) is 12.1. The molecule has 0 fully saturated rings. The van der Waals surface area contributed by atoms with E-state index >= 15 is 0 Å². The standard InChI is InChI=1S/C16H19NO2S/c1-12(18)11-19-15-7-6-13(20-9-5-8-17)10-14(15)16(2,3)4/h5-7,9-10H,11H2,1-4H3. The van der Waals surface area contributed by atoms with Crippen molar-refractivity contribution in [3.8, 4) is 11.8 Å². The van der Waals surface area contributed by atoms with E-state index in [9.17, 15) is 4.79 Å². The first kappa shape index (κ1) is 16.3. The van der Waals surface area contributed by atoms with E-state index in [0.717, 1.165) is 16.2 Å². The Labute approximate surface area is 124 Å². The second-order valence-electron chi connectivity index (χ2n) is 5.45. The summed E-state index contributed by atoms with van der Waals surface area (Å²) in [5, 5.41) is 10.2. The van der Waals surface area contributed by atoms with E-state index in [1.54, 1.807) is 5.41 Å². The van der Waals surface area contributed by atoms with E-state index in [0.29, 0.717) is 0 Å². The molecule has 0 spiro atoms. The summed E-state index contributed by atoms with van der Waals surface area (Å²) in [5.74, 6) is 0.738. The second kappa shape index (κ2) is 7.16. The van der Waals surface area contributed by atoms with Crippen molar-refractivity contribution < 1.29 is 9.53 Å². The minimum Gasteiger partial charge on any atom is -0.486 e. The highest BCUT2D eigenvalue weighted by atomic mass is 32.2. The Morgan fingerprint density at radius 3 is 2.70 bits per heavy atom. The molecule has 0 heterocycles. The highest BCUT2D eigenvalue weighted by molar-refractivity contribution is 8.02. The van der Waals surface area contributed by atoms with Crippen molar-refractivity contribution in [2.24, 2.45) is 0 Å². The fraction of sp³-hybridized carbons (Fsp3) is 0.375. The molecule has 0 N–H and O–H groups in total. The minimum atomic E-state index is -0.0817. The van der Waals surface area contributed by atoms with Gasteiger partial charge in [-0.3, -0.25) is 4.79 Å². The molecule has 0 aliphatic carbocycles. The molecule has 1 aromatic rings. The first-order chi connectivity index (χ1) is 9.34. The third kappa shape index (κ3) is 5.10. The van der Waals surface area contributed by atoms with E-state index < -0.39 is 0 Å². The van der Waals surface area contributed by atoms with Crippen LogP contribution in [0.2, 0.25) is 0 Å². The topological polar surface area (TPSA) is 50.1 Å². The molecule has 0 amide bonds. The number of ketones is 1. The van der Waals surface area contributed by atoms with Crippen LogP contribution in [0.1, 0.15) is 33.3 Å². The maximum atomic E-state index is 11.1. The van der Waals surface area contributed by atoms with E-state index in [1.807, 2.05) is 24.3 Å². The van der Waals surface area contributed by atoms with Gasteiger partial charge in [-0.25, -0.2) is 0 Å². The fourth-order valence-corrected chi connectivity index (χ4v) is 2.24. The Kier molecular flexibility index (Phi) is 5.84. The van der Waals surface area contributed by atoms with Gasteiger partial charge in [0.05, 0.1) is 6.07 Å². The van der Waals surface area contributed by atoms with Gasteiger partial charge >= 0.3 is 0 Å². The van der Waals surface area contributed by atoms with Crippen LogP contribution >= 0.6 is 11.8 Å². The van der Waals surface area contributed by atoms with Crippen LogP contribution in [0.4, 0.5) is 0 Å². The largest absolute Gasteiger partial charge is 0.486 e. The van der Waals surface area contributed by atoms with Crippen LogP contribution in [0, 0.1) is 11.3 Å². The number of benzene rings is 1. The summed E-state index contributed by atoms with van der Waals surface area (Å²) in [7, 11) is 0. The molecular formula is C16H19NO2S. The van der Waals surface area contributed by atoms with Gasteiger partial charge in [0.2, 0.25) is 0 Å². The average molecular weight is 289 g/mol. The number of Topliss-reactive ketones (excluding diaryl/α,β-unsaturated/α-hetero) is 1. The van der Waals surface area contributed by atoms with Crippen LogP contribution in [-0.2, 0) is 10.2 Å². The molecule has 1 aromatic carbocycles. The lowest BCUT2D eigenvalue weighted by Crippen LogP contribution is -2.15. The molecule has 106 valence electrons. The predicted octanol–water partition coefficient (Wildman–Crippen LogP) is 4.08. The lowest BCUT2D eigenvalue weighted by Gasteiger charge is -2.23. The number of carbonyl (C=O) groups is 1. The van der Waals surface area contributed by atoms with Crippen LogP contribution in [0.25, 0.3) is 0 Å². The van der Waals surface area contributed by atoms with Crippen LogP contribution in [-0.4, -0.2) is 12.4 Å². The van der Waals surface area contributed by atoms with Crippen LogP contribution in [0.15, 0.2) is 34.6 Å². The Hall–Kier alpha value is -1.73. The first-order valence-corrected chi connectivity index (χ1v) is 7.20. The van der Waals surface area contributed by atoms with Crippen molar-refractivity contribution in [3.63, 3.8) is 0 Å². The summed E-state index contributed by atoms with van der Waals surface area (Å²) in [6, 6.07) is 7.82. The van der Waals surface area contributed by atoms with Crippen molar-refractivity contribution >= 4 is 17.5 Å². The number of nitriles is 1. The summed E-state index contributed by atoms with van der Waals surface area (Å²) in [6.45, 7) is 7.89. The van der Waals surface area contributed by atoms with Gasteiger partial charge in [-0.2, -0.15) is 5.26 Å². The lowest BCUT2D eigenvalue weighted by molar-refractivity contribution is -0.118. The van der Waals surface area contributed by atoms with E-state index in [4.69, 9.17) is 10.00 Å². The molecule has 3 nitrogen and oxygen atoms in total. The van der Waals surface area contributed by atoms with Gasteiger partial charge in [-0.15, -0.1) is 0 Å². The normalized spacial score (nSPS) is 11.3. The van der Waals surface area contributed by atoms with E-state index in [-0.39, 0.29) is 17.8 Å². The summed E-state index contributed by atoms with van der Waals surface area (Å²) in [5.41, 5.74) is 0.968. The molecule has 0 atom stereocenters. The zero-order valence-electron chi connectivity index (χ0n) is 12.3. The van der Waals surface area contributed by atoms with Gasteiger partial charge in [-0.05, 0) is 35.9 Å². The summed E-state index contributed by atoms with van der Waals surface area (Å²) < 4.78 is 5.58. The van der Waals surface area contributed by atoms with Gasteiger partial charge in [0, 0.05) is 16.5 Å². The molecule has 0 saturated heterocycles. The van der Waals surface area contributed by atoms with Gasteiger partial charge in [0.25, 0.3) is 0 Å². The highest BCUT2D eigenvalue weighted by Gasteiger charge is 2.19. The quantitative estimate of drug-likeness (QED) is 0.605. The predicted molar refractivity (Wildman–Crippen MR) is 81.9 cm³/mol. The van der Waals surface area contributed by atoms with Gasteiger partial charge in [0.1, 0.15) is 12.4 Å². The molecule has 0 aromatic heterocycles. The number of thioether (sulfide) groups is 1. The number of hydrogen-bond donors (Lipinski definition) is 0. The van der Waals surface area contributed by atoms with Crippen LogP contribution < -0.4 is 4.74 Å². The van der Waals surface area contributed by atoms with Gasteiger partial charge in [-0.1, -0.05) is 32.5 Å². The minimum absolute atomic E-state index is 0.000245. The van der Waals surface area contributed by atoms with Crippen LogP contribution in [0.5, 0.6) is 5.75 Å². The zero-order chi connectivity index (χ0) is 15.2. The summed E-state index contributed by atoms with van der Waals surface area (Å²) in [6.07, 6.45) is 1.45. The third-order valence-electron chi connectivity index (χ3n) is 2.54.